The summed E-state index contributed by atoms with van der Waals surface area (Å²) in [7, 11) is 0. The van der Waals surface area contributed by atoms with Crippen molar-refractivity contribution in [2.24, 2.45) is 0 Å². The first-order valence-corrected chi connectivity index (χ1v) is 7.69. The van der Waals surface area contributed by atoms with Gasteiger partial charge in [0.25, 0.3) is 5.91 Å². The van der Waals surface area contributed by atoms with Gasteiger partial charge in [-0.3, -0.25) is 4.79 Å². The highest BCUT2D eigenvalue weighted by Gasteiger charge is 2.32. The number of piperidine rings is 1. The van der Waals surface area contributed by atoms with Crippen molar-refractivity contribution in [2.75, 3.05) is 13.1 Å². The zero-order valence-electron chi connectivity index (χ0n) is 11.7. The lowest BCUT2D eigenvalue weighted by Crippen LogP contribution is -2.47. The minimum atomic E-state index is -0.0335. The van der Waals surface area contributed by atoms with Crippen molar-refractivity contribution in [3.63, 3.8) is 0 Å². The van der Waals surface area contributed by atoms with E-state index in [4.69, 9.17) is 11.6 Å². The molecule has 2 atom stereocenters. The van der Waals surface area contributed by atoms with Crippen molar-refractivity contribution in [3.8, 4) is 0 Å². The Bertz CT molecular complexity index is 500. The van der Waals surface area contributed by atoms with Crippen molar-refractivity contribution < 1.29 is 4.79 Å². The van der Waals surface area contributed by atoms with Gasteiger partial charge >= 0.3 is 0 Å². The van der Waals surface area contributed by atoms with E-state index in [0.717, 1.165) is 25.1 Å². The van der Waals surface area contributed by atoms with Crippen LogP contribution in [0.25, 0.3) is 0 Å². The number of amides is 1. The van der Waals surface area contributed by atoms with E-state index in [9.17, 15) is 4.79 Å². The third-order valence-corrected chi connectivity index (χ3v) is 4.53. The summed E-state index contributed by atoms with van der Waals surface area (Å²) in [5.41, 5.74) is 1.38. The Hall–Kier alpha value is -1.13. The average Bonchev–Trinajstić information content (AvgIpc) is 2.85. The van der Waals surface area contributed by atoms with Gasteiger partial charge in [0, 0.05) is 29.9 Å². The van der Waals surface area contributed by atoms with Crippen LogP contribution in [0.1, 0.15) is 41.7 Å². The molecule has 3 heterocycles. The topological polar surface area (TPSA) is 45.2 Å². The van der Waals surface area contributed by atoms with E-state index in [1.165, 1.54) is 19.4 Å². The van der Waals surface area contributed by atoms with Crippen LogP contribution in [-0.2, 0) is 0 Å². The Labute approximate surface area is 124 Å². The molecule has 0 radical (unpaired) electrons. The van der Waals surface area contributed by atoms with Gasteiger partial charge in [0.15, 0.2) is 0 Å². The zero-order valence-corrected chi connectivity index (χ0v) is 12.5. The molecule has 0 saturated carbocycles. The number of hydrogen-bond donors (Lipinski definition) is 1. The first-order valence-electron chi connectivity index (χ1n) is 7.31. The third-order valence-electron chi connectivity index (χ3n) is 4.34. The van der Waals surface area contributed by atoms with Crippen molar-refractivity contribution in [1.29, 1.82) is 0 Å². The fraction of sp³-hybridized carbons (Fsp3) is 0.600. The summed E-state index contributed by atoms with van der Waals surface area (Å²) in [6.45, 7) is 4.18. The molecule has 0 spiro atoms. The quantitative estimate of drug-likeness (QED) is 0.852. The number of hydrogen-bond acceptors (Lipinski definition) is 3. The number of aryl methyl sites for hydroxylation is 1. The molecule has 5 heteroatoms. The average molecular weight is 294 g/mol. The summed E-state index contributed by atoms with van der Waals surface area (Å²) in [6, 6.07) is 4.37. The van der Waals surface area contributed by atoms with E-state index in [1.54, 1.807) is 12.1 Å². The van der Waals surface area contributed by atoms with Gasteiger partial charge in [-0.2, -0.15) is 0 Å². The SMILES string of the molecule is Cc1cc(C(=O)NC2CCN3CCCC3C2)cc(Cl)n1. The van der Waals surface area contributed by atoms with E-state index in [1.807, 2.05) is 6.92 Å². The fourth-order valence-electron chi connectivity index (χ4n) is 3.38. The standard InChI is InChI=1S/C15H20ClN3O/c1-10-7-11(8-14(16)17-10)15(20)18-12-4-6-19-5-2-3-13(19)9-12/h7-8,12-13H,2-6,9H2,1H3,(H,18,20). The lowest BCUT2D eigenvalue weighted by molar-refractivity contribution is 0.0896. The molecule has 0 bridgehead atoms. The lowest BCUT2D eigenvalue weighted by Gasteiger charge is -2.35. The van der Waals surface area contributed by atoms with Crippen LogP contribution in [0.15, 0.2) is 12.1 Å². The molecule has 1 aromatic rings. The van der Waals surface area contributed by atoms with Gasteiger partial charge < -0.3 is 10.2 Å². The molecule has 1 N–H and O–H groups in total. The van der Waals surface area contributed by atoms with Gasteiger partial charge in [-0.1, -0.05) is 11.6 Å². The summed E-state index contributed by atoms with van der Waals surface area (Å²) in [5.74, 6) is -0.0335. The minimum Gasteiger partial charge on any atom is -0.349 e. The highest BCUT2D eigenvalue weighted by molar-refractivity contribution is 6.29. The minimum absolute atomic E-state index is 0.0335. The number of rotatable bonds is 2. The van der Waals surface area contributed by atoms with Crippen molar-refractivity contribution in [3.05, 3.63) is 28.5 Å². The van der Waals surface area contributed by atoms with Crippen LogP contribution >= 0.6 is 11.6 Å². The lowest BCUT2D eigenvalue weighted by atomic mass is 9.97. The molecule has 2 unspecified atom stereocenters. The number of aromatic nitrogens is 1. The Balaban J connectivity index is 1.64. The monoisotopic (exact) mass is 293 g/mol. The molecule has 1 aromatic heterocycles. The molecule has 2 fully saturated rings. The van der Waals surface area contributed by atoms with Crippen LogP contribution in [0.4, 0.5) is 0 Å². The largest absolute Gasteiger partial charge is 0.349 e. The van der Waals surface area contributed by atoms with Crippen LogP contribution in [0.5, 0.6) is 0 Å². The first kappa shape index (κ1) is 13.8. The van der Waals surface area contributed by atoms with Crippen LogP contribution in [-0.4, -0.2) is 41.0 Å². The van der Waals surface area contributed by atoms with Gasteiger partial charge in [-0.25, -0.2) is 4.98 Å². The highest BCUT2D eigenvalue weighted by Crippen LogP contribution is 2.27. The number of nitrogens with one attached hydrogen (secondary N) is 1. The summed E-state index contributed by atoms with van der Waals surface area (Å²) in [6.07, 6.45) is 4.68. The molecular formula is C15H20ClN3O. The molecule has 0 aromatic carbocycles. The van der Waals surface area contributed by atoms with Crippen LogP contribution in [0, 0.1) is 6.92 Å². The first-order chi connectivity index (χ1) is 9.61. The number of carbonyl (C=O) groups excluding carboxylic acids is 1. The molecule has 0 aliphatic carbocycles. The third kappa shape index (κ3) is 2.96. The number of pyridine rings is 1. The molecule has 20 heavy (non-hydrogen) atoms. The van der Waals surface area contributed by atoms with Crippen molar-refractivity contribution >= 4 is 17.5 Å². The van der Waals surface area contributed by atoms with E-state index in [2.05, 4.69) is 15.2 Å². The summed E-state index contributed by atoms with van der Waals surface area (Å²) in [5, 5.41) is 3.53. The number of nitrogens with zero attached hydrogens (tertiary/aromatic N) is 2. The Kier molecular flexibility index (Phi) is 3.94. The molecule has 1 amide bonds. The maximum absolute atomic E-state index is 12.3. The molecule has 4 nitrogen and oxygen atoms in total. The van der Waals surface area contributed by atoms with Crippen LogP contribution in [0.2, 0.25) is 5.15 Å². The fourth-order valence-corrected chi connectivity index (χ4v) is 3.63. The molecular weight excluding hydrogens is 274 g/mol. The van der Waals surface area contributed by atoms with E-state index >= 15 is 0 Å². The predicted octanol–water partition coefficient (Wildman–Crippen LogP) is 2.40. The summed E-state index contributed by atoms with van der Waals surface area (Å²) < 4.78 is 0. The molecule has 108 valence electrons. The van der Waals surface area contributed by atoms with Gasteiger partial charge in [0.2, 0.25) is 0 Å². The normalized spacial score (nSPS) is 26.3. The smallest absolute Gasteiger partial charge is 0.251 e. The molecule has 2 aliphatic heterocycles. The zero-order chi connectivity index (χ0) is 14.1. The second kappa shape index (κ2) is 5.70. The maximum atomic E-state index is 12.3. The van der Waals surface area contributed by atoms with E-state index in [0.29, 0.717) is 16.8 Å². The molecule has 3 rings (SSSR count). The van der Waals surface area contributed by atoms with Crippen molar-refractivity contribution in [1.82, 2.24) is 15.2 Å². The number of fused-ring (bicyclic) bond motifs is 1. The number of carbonyl (C=O) groups is 1. The summed E-state index contributed by atoms with van der Waals surface area (Å²) >= 11 is 5.91. The van der Waals surface area contributed by atoms with Gasteiger partial charge in [0.05, 0.1) is 0 Å². The predicted molar refractivity (Wildman–Crippen MR) is 79.1 cm³/mol. The summed E-state index contributed by atoms with van der Waals surface area (Å²) in [4.78, 5) is 18.9. The second-order valence-corrected chi connectivity index (χ2v) is 6.23. The Morgan fingerprint density at radius 2 is 2.25 bits per heavy atom. The van der Waals surface area contributed by atoms with Crippen LogP contribution in [0.3, 0.4) is 0 Å². The van der Waals surface area contributed by atoms with Crippen LogP contribution < -0.4 is 5.32 Å². The van der Waals surface area contributed by atoms with Gasteiger partial charge in [0.1, 0.15) is 5.15 Å². The molecule has 2 aliphatic rings. The Morgan fingerprint density at radius 1 is 1.40 bits per heavy atom. The second-order valence-electron chi connectivity index (χ2n) is 5.85. The Morgan fingerprint density at radius 3 is 3.05 bits per heavy atom. The van der Waals surface area contributed by atoms with Crippen molar-refractivity contribution in [2.45, 2.75) is 44.7 Å². The van der Waals surface area contributed by atoms with E-state index in [-0.39, 0.29) is 11.9 Å². The van der Waals surface area contributed by atoms with E-state index < -0.39 is 0 Å². The highest BCUT2D eigenvalue weighted by atomic mass is 35.5. The number of halogens is 1. The maximum Gasteiger partial charge on any atom is 0.251 e. The van der Waals surface area contributed by atoms with Gasteiger partial charge in [-0.15, -0.1) is 0 Å². The van der Waals surface area contributed by atoms with Gasteiger partial charge in [-0.05, 0) is 51.3 Å². The molecule has 2 saturated heterocycles.